The van der Waals surface area contributed by atoms with Crippen LogP contribution in [0.25, 0.3) is 0 Å². The van der Waals surface area contributed by atoms with Gasteiger partial charge in [-0.05, 0) is 40.0 Å². The number of carboxylic acid groups (broad SMARTS) is 1. The molecule has 4 heteroatoms. The quantitative estimate of drug-likeness (QED) is 0.511. The van der Waals surface area contributed by atoms with Crippen molar-refractivity contribution in [3.05, 3.63) is 59.2 Å². The standard InChI is InChI=1S/C24H36OSi.C3H6O2/c1-23(2,3)20-16-18(17-21(22(20)25)24(4,5)6)14-15-26(7,8)19-12-10-9-11-13-19;1-2-3(4)5/h9-13,16-17,25H,14-15H2,1-8H3;2H2,1H3,(H,4,5). The fourth-order valence-corrected chi connectivity index (χ4v) is 5.77. The minimum atomic E-state index is -1.46. The van der Waals surface area contributed by atoms with Crippen molar-refractivity contribution in [2.75, 3.05) is 0 Å². The van der Waals surface area contributed by atoms with E-state index in [-0.39, 0.29) is 17.3 Å². The summed E-state index contributed by atoms with van der Waals surface area (Å²) in [4.78, 5) is 9.37. The maximum absolute atomic E-state index is 10.9. The van der Waals surface area contributed by atoms with Gasteiger partial charge >= 0.3 is 5.97 Å². The Kier molecular flexibility index (Phi) is 9.13. The molecule has 0 saturated carbocycles. The second-order valence-electron chi connectivity index (χ2n) is 11.0. The van der Waals surface area contributed by atoms with Crippen molar-refractivity contribution in [1.82, 2.24) is 0 Å². The van der Waals surface area contributed by atoms with Crippen molar-refractivity contribution in [3.63, 3.8) is 0 Å². The van der Waals surface area contributed by atoms with Gasteiger partial charge in [0.05, 0.1) is 8.07 Å². The molecule has 31 heavy (non-hydrogen) atoms. The fourth-order valence-electron chi connectivity index (χ4n) is 3.47. The lowest BCUT2D eigenvalue weighted by atomic mass is 9.78. The summed E-state index contributed by atoms with van der Waals surface area (Å²) in [5.74, 6) is -0.265. The average Bonchev–Trinajstić information content (AvgIpc) is 2.66. The number of aromatic hydroxyl groups is 1. The van der Waals surface area contributed by atoms with Gasteiger partial charge in [-0.3, -0.25) is 4.79 Å². The summed E-state index contributed by atoms with van der Waals surface area (Å²) >= 11 is 0. The summed E-state index contributed by atoms with van der Waals surface area (Å²) in [6, 6.07) is 16.7. The molecule has 0 heterocycles. The highest BCUT2D eigenvalue weighted by atomic mass is 28.3. The Bertz CT molecular complexity index is 821. The van der Waals surface area contributed by atoms with E-state index in [1.807, 2.05) is 0 Å². The Labute approximate surface area is 190 Å². The molecule has 2 rings (SSSR count). The van der Waals surface area contributed by atoms with Crippen molar-refractivity contribution >= 4 is 19.2 Å². The number of aryl methyl sites for hydroxylation is 1. The monoisotopic (exact) mass is 442 g/mol. The average molecular weight is 443 g/mol. The van der Waals surface area contributed by atoms with Crippen LogP contribution in [0.2, 0.25) is 19.1 Å². The van der Waals surface area contributed by atoms with Crippen molar-refractivity contribution in [3.8, 4) is 5.75 Å². The minimum absolute atomic E-state index is 0.0630. The summed E-state index contributed by atoms with van der Waals surface area (Å²) in [5.41, 5.74) is 3.37. The minimum Gasteiger partial charge on any atom is -0.507 e. The lowest BCUT2D eigenvalue weighted by molar-refractivity contribution is -0.136. The summed E-state index contributed by atoms with van der Waals surface area (Å²) in [7, 11) is -1.46. The molecule has 0 atom stereocenters. The lowest BCUT2D eigenvalue weighted by Gasteiger charge is -2.29. The van der Waals surface area contributed by atoms with E-state index in [0.29, 0.717) is 5.75 Å². The number of hydrogen-bond donors (Lipinski definition) is 2. The van der Waals surface area contributed by atoms with Crippen LogP contribution in [-0.2, 0) is 22.0 Å². The molecule has 0 aromatic heterocycles. The smallest absolute Gasteiger partial charge is 0.303 e. The summed E-state index contributed by atoms with van der Waals surface area (Å²) < 4.78 is 0. The Morgan fingerprint density at radius 1 is 0.903 bits per heavy atom. The first-order valence-corrected chi connectivity index (χ1v) is 14.4. The maximum atomic E-state index is 10.9. The lowest BCUT2D eigenvalue weighted by Crippen LogP contribution is -2.41. The van der Waals surface area contributed by atoms with Crippen LogP contribution in [0.1, 0.15) is 71.6 Å². The van der Waals surface area contributed by atoms with Gasteiger partial charge in [0.1, 0.15) is 5.75 Å². The number of aliphatic carboxylic acids is 1. The second kappa shape index (κ2) is 10.5. The Balaban J connectivity index is 0.000000861. The molecule has 0 amide bonds. The van der Waals surface area contributed by atoms with Crippen molar-refractivity contribution in [2.24, 2.45) is 0 Å². The number of rotatable bonds is 5. The van der Waals surface area contributed by atoms with Gasteiger partial charge in [0.15, 0.2) is 0 Å². The predicted molar refractivity (Wildman–Crippen MR) is 136 cm³/mol. The van der Waals surface area contributed by atoms with Crippen molar-refractivity contribution in [2.45, 2.75) is 91.3 Å². The normalized spacial score (nSPS) is 12.2. The molecule has 0 aliphatic carbocycles. The Hall–Kier alpha value is -2.07. The molecule has 2 aromatic carbocycles. The van der Waals surface area contributed by atoms with Gasteiger partial charge in [0, 0.05) is 6.42 Å². The van der Waals surface area contributed by atoms with Gasteiger partial charge in [-0.15, -0.1) is 0 Å². The first-order chi connectivity index (χ1) is 14.1. The van der Waals surface area contributed by atoms with E-state index in [4.69, 9.17) is 5.11 Å². The second-order valence-corrected chi connectivity index (χ2v) is 15.9. The molecule has 0 spiro atoms. The van der Waals surface area contributed by atoms with Gasteiger partial charge in [0.2, 0.25) is 0 Å². The molecular formula is C27H42O3Si. The maximum Gasteiger partial charge on any atom is 0.303 e. The van der Waals surface area contributed by atoms with Gasteiger partial charge in [-0.1, -0.05) is 109 Å². The van der Waals surface area contributed by atoms with E-state index in [2.05, 4.69) is 97.1 Å². The van der Waals surface area contributed by atoms with Crippen LogP contribution in [0.4, 0.5) is 0 Å². The molecule has 3 nitrogen and oxygen atoms in total. The third kappa shape index (κ3) is 8.17. The van der Waals surface area contributed by atoms with E-state index in [0.717, 1.165) is 17.5 Å². The molecule has 2 aromatic rings. The van der Waals surface area contributed by atoms with Gasteiger partial charge in [0.25, 0.3) is 0 Å². The zero-order valence-corrected chi connectivity index (χ0v) is 22.0. The molecule has 0 radical (unpaired) electrons. The molecule has 0 bridgehead atoms. The van der Waals surface area contributed by atoms with Crippen LogP contribution in [0, 0.1) is 0 Å². The summed E-state index contributed by atoms with van der Waals surface area (Å²) in [6.45, 7) is 19.6. The van der Waals surface area contributed by atoms with Crippen LogP contribution in [0.3, 0.4) is 0 Å². The molecule has 0 saturated heterocycles. The van der Waals surface area contributed by atoms with Crippen LogP contribution in [-0.4, -0.2) is 24.3 Å². The number of carbonyl (C=O) groups is 1. The number of phenols is 1. The summed E-state index contributed by atoms with van der Waals surface area (Å²) in [6.07, 6.45) is 1.29. The third-order valence-electron chi connectivity index (χ3n) is 5.68. The molecule has 172 valence electrons. The van der Waals surface area contributed by atoms with Crippen LogP contribution >= 0.6 is 0 Å². The summed E-state index contributed by atoms with van der Waals surface area (Å²) in [5, 5.41) is 20.1. The molecule has 0 aliphatic heterocycles. The molecule has 0 aliphatic rings. The highest BCUT2D eigenvalue weighted by Gasteiger charge is 2.28. The van der Waals surface area contributed by atoms with E-state index in [1.54, 1.807) is 6.92 Å². The number of carboxylic acids is 1. The predicted octanol–water partition coefficient (Wildman–Crippen LogP) is 6.63. The highest BCUT2D eigenvalue weighted by molar-refractivity contribution is 6.89. The number of benzene rings is 2. The topological polar surface area (TPSA) is 57.5 Å². The van der Waals surface area contributed by atoms with E-state index in [1.165, 1.54) is 16.8 Å². The molecule has 2 N–H and O–H groups in total. The van der Waals surface area contributed by atoms with Crippen molar-refractivity contribution in [1.29, 1.82) is 0 Å². The van der Waals surface area contributed by atoms with Crippen LogP contribution in [0.5, 0.6) is 5.75 Å². The van der Waals surface area contributed by atoms with Gasteiger partial charge in [-0.25, -0.2) is 0 Å². The van der Waals surface area contributed by atoms with E-state index >= 15 is 0 Å². The fraction of sp³-hybridized carbons (Fsp3) is 0.519. The Morgan fingerprint density at radius 3 is 1.68 bits per heavy atom. The highest BCUT2D eigenvalue weighted by Crippen LogP contribution is 2.40. The first-order valence-electron chi connectivity index (χ1n) is 11.2. The SMILES string of the molecule is CC(C)(C)c1cc(CC[Si](C)(C)c2ccccc2)cc(C(C)(C)C)c1O.CCC(=O)O. The first kappa shape index (κ1) is 27.0. The van der Waals surface area contributed by atoms with Gasteiger partial charge < -0.3 is 10.2 Å². The third-order valence-corrected chi connectivity index (χ3v) is 9.08. The van der Waals surface area contributed by atoms with E-state index < -0.39 is 14.0 Å². The van der Waals surface area contributed by atoms with Crippen molar-refractivity contribution < 1.29 is 15.0 Å². The molecule has 0 fully saturated rings. The van der Waals surface area contributed by atoms with Crippen LogP contribution < -0.4 is 5.19 Å². The number of hydrogen-bond acceptors (Lipinski definition) is 2. The largest absolute Gasteiger partial charge is 0.507 e. The van der Waals surface area contributed by atoms with Gasteiger partial charge in [-0.2, -0.15) is 0 Å². The molecular weight excluding hydrogens is 400 g/mol. The van der Waals surface area contributed by atoms with E-state index in [9.17, 15) is 9.90 Å². The number of phenolic OH excluding ortho intramolecular Hbond substituents is 1. The molecule has 0 unspecified atom stereocenters. The van der Waals surface area contributed by atoms with Crippen LogP contribution in [0.15, 0.2) is 42.5 Å². The Morgan fingerprint density at radius 2 is 1.32 bits per heavy atom. The zero-order valence-electron chi connectivity index (χ0n) is 21.0. The zero-order chi connectivity index (χ0) is 24.0.